The van der Waals surface area contributed by atoms with E-state index in [1.54, 1.807) is 0 Å². The molecule has 0 amide bonds. The third-order valence-corrected chi connectivity index (χ3v) is 4.36. The zero-order valence-corrected chi connectivity index (χ0v) is 10.9. The standard InChI is InChI=1S/C13H27N3/c1-11(14)13-5-3-4-8-16(13)12-6-9-15(2)10-7-12/h11-13H,3-10,14H2,1-2H3. The average Bonchev–Trinajstić information content (AvgIpc) is 2.30. The topological polar surface area (TPSA) is 32.5 Å². The predicted molar refractivity (Wildman–Crippen MR) is 68.5 cm³/mol. The fraction of sp³-hybridized carbons (Fsp3) is 1.00. The van der Waals surface area contributed by atoms with Crippen LogP contribution in [0.4, 0.5) is 0 Å². The molecule has 2 fully saturated rings. The number of likely N-dealkylation sites (tertiary alicyclic amines) is 2. The molecule has 16 heavy (non-hydrogen) atoms. The minimum absolute atomic E-state index is 0.333. The van der Waals surface area contributed by atoms with Crippen LogP contribution in [0.3, 0.4) is 0 Å². The molecular formula is C13H27N3. The van der Waals surface area contributed by atoms with Crippen LogP contribution in [0.25, 0.3) is 0 Å². The van der Waals surface area contributed by atoms with E-state index in [0.717, 1.165) is 6.04 Å². The quantitative estimate of drug-likeness (QED) is 0.768. The van der Waals surface area contributed by atoms with Crippen LogP contribution in [0.15, 0.2) is 0 Å². The zero-order chi connectivity index (χ0) is 11.5. The summed E-state index contributed by atoms with van der Waals surface area (Å²) in [4.78, 5) is 5.17. The molecule has 0 aromatic rings. The van der Waals surface area contributed by atoms with Crippen LogP contribution in [-0.4, -0.2) is 54.6 Å². The third kappa shape index (κ3) is 2.76. The molecule has 0 aliphatic carbocycles. The fourth-order valence-corrected chi connectivity index (χ4v) is 3.32. The highest BCUT2D eigenvalue weighted by Crippen LogP contribution is 2.26. The summed E-state index contributed by atoms with van der Waals surface area (Å²) in [6.07, 6.45) is 6.72. The van der Waals surface area contributed by atoms with Gasteiger partial charge in [0.1, 0.15) is 0 Å². The van der Waals surface area contributed by atoms with Crippen LogP contribution in [0, 0.1) is 0 Å². The highest BCUT2D eigenvalue weighted by molar-refractivity contribution is 4.89. The van der Waals surface area contributed by atoms with Crippen molar-refractivity contribution in [1.82, 2.24) is 9.80 Å². The average molecular weight is 225 g/mol. The zero-order valence-electron chi connectivity index (χ0n) is 10.9. The van der Waals surface area contributed by atoms with Crippen LogP contribution in [0.1, 0.15) is 39.0 Å². The Balaban J connectivity index is 1.94. The molecule has 0 bridgehead atoms. The van der Waals surface area contributed by atoms with E-state index in [2.05, 4.69) is 23.8 Å². The van der Waals surface area contributed by atoms with Crippen molar-refractivity contribution in [1.29, 1.82) is 0 Å². The molecule has 2 N–H and O–H groups in total. The van der Waals surface area contributed by atoms with Crippen molar-refractivity contribution in [3.8, 4) is 0 Å². The fourth-order valence-electron chi connectivity index (χ4n) is 3.32. The van der Waals surface area contributed by atoms with Crippen molar-refractivity contribution >= 4 is 0 Å². The maximum absolute atomic E-state index is 6.14. The van der Waals surface area contributed by atoms with E-state index in [-0.39, 0.29) is 0 Å². The summed E-state index contributed by atoms with van der Waals surface area (Å²) < 4.78 is 0. The van der Waals surface area contributed by atoms with Crippen molar-refractivity contribution in [2.45, 2.75) is 57.2 Å². The van der Waals surface area contributed by atoms with Gasteiger partial charge in [0, 0.05) is 18.1 Å². The summed E-state index contributed by atoms with van der Waals surface area (Å²) in [5.74, 6) is 0. The molecular weight excluding hydrogens is 198 g/mol. The van der Waals surface area contributed by atoms with Crippen LogP contribution in [-0.2, 0) is 0 Å². The minimum Gasteiger partial charge on any atom is -0.327 e. The van der Waals surface area contributed by atoms with Gasteiger partial charge in [0.25, 0.3) is 0 Å². The first-order valence-electron chi connectivity index (χ1n) is 6.88. The number of rotatable bonds is 2. The summed E-state index contributed by atoms with van der Waals surface area (Å²) in [5, 5.41) is 0. The molecule has 2 aliphatic heterocycles. The van der Waals surface area contributed by atoms with Gasteiger partial charge < -0.3 is 10.6 Å². The first kappa shape index (κ1) is 12.3. The number of piperidine rings is 2. The Hall–Kier alpha value is -0.120. The largest absolute Gasteiger partial charge is 0.327 e. The van der Waals surface area contributed by atoms with E-state index in [9.17, 15) is 0 Å². The monoisotopic (exact) mass is 225 g/mol. The number of hydrogen-bond donors (Lipinski definition) is 1. The summed E-state index contributed by atoms with van der Waals surface area (Å²) in [6.45, 7) is 5.97. The van der Waals surface area contributed by atoms with E-state index < -0.39 is 0 Å². The Morgan fingerprint density at radius 1 is 1.06 bits per heavy atom. The molecule has 2 heterocycles. The van der Waals surface area contributed by atoms with Crippen LogP contribution < -0.4 is 5.73 Å². The van der Waals surface area contributed by atoms with Gasteiger partial charge in [-0.25, -0.2) is 0 Å². The Morgan fingerprint density at radius 3 is 2.38 bits per heavy atom. The van der Waals surface area contributed by atoms with Crippen molar-refractivity contribution in [2.24, 2.45) is 5.73 Å². The van der Waals surface area contributed by atoms with E-state index in [1.165, 1.54) is 51.7 Å². The van der Waals surface area contributed by atoms with Gasteiger partial charge in [0.2, 0.25) is 0 Å². The van der Waals surface area contributed by atoms with E-state index in [0.29, 0.717) is 12.1 Å². The molecule has 2 saturated heterocycles. The van der Waals surface area contributed by atoms with Gasteiger partial charge >= 0.3 is 0 Å². The minimum atomic E-state index is 0.333. The molecule has 94 valence electrons. The Labute approximate surface area is 100.0 Å². The lowest BCUT2D eigenvalue weighted by atomic mass is 9.92. The van der Waals surface area contributed by atoms with E-state index >= 15 is 0 Å². The molecule has 2 rings (SSSR count). The van der Waals surface area contributed by atoms with E-state index in [4.69, 9.17) is 5.73 Å². The first-order valence-corrected chi connectivity index (χ1v) is 6.88. The summed E-state index contributed by atoms with van der Waals surface area (Å²) in [7, 11) is 2.23. The molecule has 0 spiro atoms. The van der Waals surface area contributed by atoms with Gasteiger partial charge in [0.15, 0.2) is 0 Å². The maximum atomic E-state index is 6.14. The SMILES string of the molecule is CC(N)C1CCCCN1C1CCN(C)CC1. The highest BCUT2D eigenvalue weighted by Gasteiger charge is 2.32. The lowest BCUT2D eigenvalue weighted by molar-refractivity contribution is 0.0470. The molecule has 3 nitrogen and oxygen atoms in total. The van der Waals surface area contributed by atoms with Gasteiger partial charge in [-0.05, 0) is 59.3 Å². The highest BCUT2D eigenvalue weighted by atomic mass is 15.2. The lowest BCUT2D eigenvalue weighted by Gasteiger charge is -2.45. The Bertz CT molecular complexity index is 209. The second kappa shape index (κ2) is 5.48. The van der Waals surface area contributed by atoms with Crippen molar-refractivity contribution in [2.75, 3.05) is 26.7 Å². The molecule has 3 heteroatoms. The lowest BCUT2D eigenvalue weighted by Crippen LogP contribution is -2.55. The Kier molecular flexibility index (Phi) is 4.22. The maximum Gasteiger partial charge on any atom is 0.0247 e. The molecule has 0 saturated carbocycles. The van der Waals surface area contributed by atoms with Gasteiger partial charge in [-0.1, -0.05) is 6.42 Å². The van der Waals surface area contributed by atoms with Crippen LogP contribution in [0.2, 0.25) is 0 Å². The number of nitrogens with zero attached hydrogens (tertiary/aromatic N) is 2. The van der Waals surface area contributed by atoms with Gasteiger partial charge in [-0.2, -0.15) is 0 Å². The molecule has 0 aromatic carbocycles. The molecule has 0 radical (unpaired) electrons. The number of nitrogens with two attached hydrogens (primary N) is 1. The van der Waals surface area contributed by atoms with Crippen molar-refractivity contribution in [3.63, 3.8) is 0 Å². The molecule has 2 unspecified atom stereocenters. The van der Waals surface area contributed by atoms with Crippen molar-refractivity contribution in [3.05, 3.63) is 0 Å². The first-order chi connectivity index (χ1) is 7.68. The second-order valence-corrected chi connectivity index (χ2v) is 5.69. The smallest absolute Gasteiger partial charge is 0.0247 e. The van der Waals surface area contributed by atoms with Gasteiger partial charge in [-0.15, -0.1) is 0 Å². The molecule has 2 aliphatic rings. The van der Waals surface area contributed by atoms with Crippen LogP contribution in [0.5, 0.6) is 0 Å². The van der Waals surface area contributed by atoms with Crippen LogP contribution >= 0.6 is 0 Å². The summed E-state index contributed by atoms with van der Waals surface area (Å²) >= 11 is 0. The molecule has 2 atom stereocenters. The normalized spacial score (nSPS) is 32.8. The second-order valence-electron chi connectivity index (χ2n) is 5.69. The summed E-state index contributed by atoms with van der Waals surface area (Å²) in [5.41, 5.74) is 6.14. The number of hydrogen-bond acceptors (Lipinski definition) is 3. The third-order valence-electron chi connectivity index (χ3n) is 4.36. The molecule has 0 aromatic heterocycles. The predicted octanol–water partition coefficient (Wildman–Crippen LogP) is 1.28. The Morgan fingerprint density at radius 2 is 1.75 bits per heavy atom. The van der Waals surface area contributed by atoms with E-state index in [1.807, 2.05) is 0 Å². The van der Waals surface area contributed by atoms with Crippen molar-refractivity contribution < 1.29 is 0 Å². The summed E-state index contributed by atoms with van der Waals surface area (Å²) in [6, 6.07) is 1.77. The van der Waals surface area contributed by atoms with Gasteiger partial charge in [0.05, 0.1) is 0 Å². The van der Waals surface area contributed by atoms with Gasteiger partial charge in [-0.3, -0.25) is 4.90 Å².